The van der Waals surface area contributed by atoms with E-state index in [1.54, 1.807) is 43.3 Å². The number of carbonyl (C=O) groups excluding carboxylic acids is 1. The van der Waals surface area contributed by atoms with Crippen LogP contribution in [-0.4, -0.2) is 29.2 Å². The van der Waals surface area contributed by atoms with E-state index in [0.29, 0.717) is 35.0 Å². The molecule has 0 saturated heterocycles. The number of benzene rings is 2. The van der Waals surface area contributed by atoms with Crippen LogP contribution in [0.3, 0.4) is 0 Å². The van der Waals surface area contributed by atoms with Crippen molar-refractivity contribution in [3.8, 4) is 11.5 Å². The van der Waals surface area contributed by atoms with Crippen molar-refractivity contribution in [1.29, 1.82) is 0 Å². The largest absolute Gasteiger partial charge is 0.507 e. The third kappa shape index (κ3) is 3.20. The smallest absolute Gasteiger partial charge is 0.223 e. The average Bonchev–Trinajstić information content (AvgIpc) is 2.54. The Kier molecular flexibility index (Phi) is 5.01. The van der Waals surface area contributed by atoms with Crippen molar-refractivity contribution < 1.29 is 15.0 Å². The van der Waals surface area contributed by atoms with E-state index in [2.05, 4.69) is 5.32 Å². The minimum absolute atomic E-state index is 0.101. The molecule has 0 aliphatic heterocycles. The number of phenolic OH excluding ortho intramolecular Hbond substituents is 2. The van der Waals surface area contributed by atoms with Crippen LogP contribution in [0.1, 0.15) is 17.5 Å². The molecule has 0 spiro atoms. The molecular weight excluding hydrogens is 280 g/mol. The van der Waals surface area contributed by atoms with Crippen molar-refractivity contribution in [3.05, 3.63) is 41.5 Å². The van der Waals surface area contributed by atoms with Gasteiger partial charge in [-0.05, 0) is 6.92 Å². The summed E-state index contributed by atoms with van der Waals surface area (Å²) in [5.74, 6) is 0.106. The lowest BCUT2D eigenvalue weighted by Crippen LogP contribution is -2.28. The molecule has 5 N–H and O–H groups in total. The van der Waals surface area contributed by atoms with Crippen LogP contribution in [0.5, 0.6) is 11.5 Å². The van der Waals surface area contributed by atoms with Crippen molar-refractivity contribution >= 4 is 22.8 Å². The van der Waals surface area contributed by atoms with E-state index in [0.717, 1.165) is 0 Å². The normalized spacial score (nSPS) is 11.2. The maximum atomic E-state index is 11.5. The summed E-state index contributed by atoms with van der Waals surface area (Å²) in [5.41, 5.74) is 6.41. The standard InChI is InChI=1S/C17H20N2O3/c1-11-12(7-4-8-15(20)19-10-9-18)17(22)14-6-3-2-5-13(14)16(11)21/h2-7,21-22H,8-10,18H2,1H3,(H,19,20). The molecule has 116 valence electrons. The van der Waals surface area contributed by atoms with Crippen LogP contribution in [0.4, 0.5) is 0 Å². The highest BCUT2D eigenvalue weighted by Gasteiger charge is 2.13. The highest BCUT2D eigenvalue weighted by Crippen LogP contribution is 2.39. The molecule has 2 aromatic carbocycles. The van der Waals surface area contributed by atoms with E-state index in [9.17, 15) is 15.0 Å². The maximum absolute atomic E-state index is 11.5. The van der Waals surface area contributed by atoms with Crippen LogP contribution in [0.2, 0.25) is 0 Å². The number of aromatic hydroxyl groups is 2. The fourth-order valence-electron chi connectivity index (χ4n) is 2.32. The van der Waals surface area contributed by atoms with Crippen LogP contribution in [-0.2, 0) is 4.79 Å². The van der Waals surface area contributed by atoms with Crippen LogP contribution in [0, 0.1) is 6.92 Å². The van der Waals surface area contributed by atoms with Crippen LogP contribution < -0.4 is 11.1 Å². The SMILES string of the molecule is Cc1c(C=CCC(=O)NCCN)c(O)c2ccccc2c1O. The van der Waals surface area contributed by atoms with E-state index in [-0.39, 0.29) is 23.8 Å². The Bertz CT molecular complexity index is 723. The number of nitrogens with one attached hydrogen (secondary N) is 1. The monoisotopic (exact) mass is 300 g/mol. The van der Waals surface area contributed by atoms with E-state index in [1.165, 1.54) is 0 Å². The highest BCUT2D eigenvalue weighted by atomic mass is 16.3. The number of carbonyl (C=O) groups is 1. The van der Waals surface area contributed by atoms with Gasteiger partial charge < -0.3 is 21.3 Å². The van der Waals surface area contributed by atoms with Crippen molar-refractivity contribution in [3.63, 3.8) is 0 Å². The molecule has 0 aliphatic carbocycles. The molecule has 0 fully saturated rings. The number of nitrogens with two attached hydrogens (primary N) is 1. The lowest BCUT2D eigenvalue weighted by Gasteiger charge is -2.11. The first-order valence-electron chi connectivity index (χ1n) is 7.12. The molecule has 0 unspecified atom stereocenters. The number of phenols is 2. The molecule has 0 aliphatic rings. The second-order valence-corrected chi connectivity index (χ2v) is 5.03. The summed E-state index contributed by atoms with van der Waals surface area (Å²) in [6.07, 6.45) is 3.49. The summed E-state index contributed by atoms with van der Waals surface area (Å²) in [4.78, 5) is 11.5. The molecule has 0 bridgehead atoms. The zero-order valence-electron chi connectivity index (χ0n) is 12.5. The van der Waals surface area contributed by atoms with Crippen molar-refractivity contribution in [2.75, 3.05) is 13.1 Å². The second-order valence-electron chi connectivity index (χ2n) is 5.03. The molecule has 0 saturated carbocycles. The van der Waals surface area contributed by atoms with Gasteiger partial charge >= 0.3 is 0 Å². The van der Waals surface area contributed by atoms with Gasteiger partial charge in [0.2, 0.25) is 5.91 Å². The molecule has 0 aromatic heterocycles. The predicted octanol–water partition coefficient (Wildman–Crippen LogP) is 2.04. The number of hydrogen-bond acceptors (Lipinski definition) is 4. The first kappa shape index (κ1) is 15.9. The van der Waals surface area contributed by atoms with Gasteiger partial charge in [-0.3, -0.25) is 4.79 Å². The van der Waals surface area contributed by atoms with Crippen LogP contribution in [0.25, 0.3) is 16.8 Å². The summed E-state index contributed by atoms with van der Waals surface area (Å²) in [6, 6.07) is 7.10. The molecule has 2 rings (SSSR count). The first-order valence-corrected chi connectivity index (χ1v) is 7.12. The van der Waals surface area contributed by atoms with Crippen molar-refractivity contribution in [2.24, 2.45) is 5.73 Å². The van der Waals surface area contributed by atoms with Gasteiger partial charge in [-0.25, -0.2) is 0 Å². The minimum Gasteiger partial charge on any atom is -0.507 e. The Morgan fingerprint density at radius 1 is 1.23 bits per heavy atom. The molecule has 0 radical (unpaired) electrons. The number of amides is 1. The van der Waals surface area contributed by atoms with Crippen LogP contribution in [0.15, 0.2) is 30.3 Å². The molecule has 22 heavy (non-hydrogen) atoms. The fraction of sp³-hybridized carbons (Fsp3) is 0.235. The zero-order chi connectivity index (χ0) is 16.1. The summed E-state index contributed by atoms with van der Waals surface area (Å²) >= 11 is 0. The number of fused-ring (bicyclic) bond motifs is 1. The molecule has 2 aromatic rings. The highest BCUT2D eigenvalue weighted by molar-refractivity contribution is 5.97. The maximum Gasteiger partial charge on any atom is 0.223 e. The third-order valence-corrected chi connectivity index (χ3v) is 3.51. The quantitative estimate of drug-likeness (QED) is 0.635. The van der Waals surface area contributed by atoms with Gasteiger partial charge in [0.1, 0.15) is 11.5 Å². The molecule has 1 amide bonds. The first-order chi connectivity index (χ1) is 10.6. The lowest BCUT2D eigenvalue weighted by molar-refractivity contribution is -0.120. The van der Waals surface area contributed by atoms with E-state index in [4.69, 9.17) is 5.73 Å². The fourth-order valence-corrected chi connectivity index (χ4v) is 2.32. The zero-order valence-corrected chi connectivity index (χ0v) is 12.5. The van der Waals surface area contributed by atoms with Crippen molar-refractivity contribution in [1.82, 2.24) is 5.32 Å². The van der Waals surface area contributed by atoms with Gasteiger partial charge in [-0.1, -0.05) is 36.4 Å². The molecule has 5 heteroatoms. The van der Waals surface area contributed by atoms with Gasteiger partial charge in [0, 0.05) is 41.4 Å². The lowest BCUT2D eigenvalue weighted by atomic mass is 9.98. The van der Waals surface area contributed by atoms with Gasteiger partial charge in [-0.15, -0.1) is 0 Å². The Hall–Kier alpha value is -2.53. The topological polar surface area (TPSA) is 95.6 Å². The van der Waals surface area contributed by atoms with Gasteiger partial charge in [0.25, 0.3) is 0 Å². The van der Waals surface area contributed by atoms with E-state index < -0.39 is 0 Å². The Morgan fingerprint density at radius 2 is 1.86 bits per heavy atom. The number of rotatable bonds is 5. The van der Waals surface area contributed by atoms with Crippen LogP contribution >= 0.6 is 0 Å². The van der Waals surface area contributed by atoms with E-state index in [1.807, 2.05) is 0 Å². The summed E-state index contributed by atoms with van der Waals surface area (Å²) in [6.45, 7) is 2.57. The predicted molar refractivity (Wildman–Crippen MR) is 87.7 cm³/mol. The van der Waals surface area contributed by atoms with Gasteiger partial charge in [-0.2, -0.15) is 0 Å². The minimum atomic E-state index is -0.135. The summed E-state index contributed by atoms with van der Waals surface area (Å²) < 4.78 is 0. The Balaban J connectivity index is 2.30. The van der Waals surface area contributed by atoms with Gasteiger partial charge in [0.05, 0.1) is 0 Å². The van der Waals surface area contributed by atoms with Crippen molar-refractivity contribution in [2.45, 2.75) is 13.3 Å². The molecule has 0 atom stereocenters. The molecule has 5 nitrogen and oxygen atoms in total. The number of hydrogen-bond donors (Lipinski definition) is 4. The molecule has 0 heterocycles. The molecular formula is C17H20N2O3. The van der Waals surface area contributed by atoms with Gasteiger partial charge in [0.15, 0.2) is 0 Å². The average molecular weight is 300 g/mol. The van der Waals surface area contributed by atoms with E-state index >= 15 is 0 Å². The Morgan fingerprint density at radius 3 is 2.50 bits per heavy atom. The Labute approximate surface area is 129 Å². The third-order valence-electron chi connectivity index (χ3n) is 3.51. The summed E-state index contributed by atoms with van der Waals surface area (Å²) in [7, 11) is 0. The second kappa shape index (κ2) is 6.95. The summed E-state index contributed by atoms with van der Waals surface area (Å²) in [5, 5.41) is 24.5.